The first-order valence-electron chi connectivity index (χ1n) is 8.50. The van der Waals surface area contributed by atoms with E-state index in [0.29, 0.717) is 24.2 Å². The van der Waals surface area contributed by atoms with Crippen molar-refractivity contribution in [2.75, 3.05) is 13.1 Å². The number of carbonyl (C=O) groups excluding carboxylic acids is 1. The first-order chi connectivity index (χ1) is 11.6. The lowest BCUT2D eigenvalue weighted by Gasteiger charge is -2.31. The molecule has 126 valence electrons. The lowest BCUT2D eigenvalue weighted by molar-refractivity contribution is -0.134. The number of rotatable bonds is 3. The van der Waals surface area contributed by atoms with Crippen molar-refractivity contribution in [2.24, 2.45) is 11.8 Å². The average molecular weight is 329 g/mol. The molecule has 0 unspecified atom stereocenters. The molecular formula is C18H20FN3O2. The maximum atomic E-state index is 13.0. The minimum atomic E-state index is -0.293. The van der Waals surface area contributed by atoms with Crippen molar-refractivity contribution < 1.29 is 13.7 Å². The zero-order valence-corrected chi connectivity index (χ0v) is 13.6. The second kappa shape index (κ2) is 6.00. The maximum Gasteiger partial charge on any atom is 0.231 e. The van der Waals surface area contributed by atoms with Gasteiger partial charge in [-0.05, 0) is 49.4 Å². The van der Waals surface area contributed by atoms with E-state index in [0.717, 1.165) is 31.4 Å². The summed E-state index contributed by atoms with van der Waals surface area (Å²) in [7, 11) is 0. The van der Waals surface area contributed by atoms with Crippen LogP contribution in [-0.4, -0.2) is 34.0 Å². The van der Waals surface area contributed by atoms with Crippen molar-refractivity contribution >= 4 is 5.91 Å². The molecule has 2 aliphatic rings. The Morgan fingerprint density at radius 2 is 2.08 bits per heavy atom. The number of carbonyl (C=O) groups is 1. The van der Waals surface area contributed by atoms with Crippen LogP contribution in [0.25, 0.3) is 11.4 Å². The van der Waals surface area contributed by atoms with Gasteiger partial charge in [-0.25, -0.2) is 4.39 Å². The van der Waals surface area contributed by atoms with Crippen molar-refractivity contribution in [2.45, 2.75) is 32.1 Å². The van der Waals surface area contributed by atoms with Gasteiger partial charge in [-0.3, -0.25) is 4.79 Å². The Hall–Kier alpha value is -2.24. The molecule has 3 atom stereocenters. The fourth-order valence-electron chi connectivity index (χ4n) is 3.40. The predicted molar refractivity (Wildman–Crippen MR) is 85.5 cm³/mol. The van der Waals surface area contributed by atoms with E-state index in [1.807, 2.05) is 4.90 Å². The van der Waals surface area contributed by atoms with Crippen LogP contribution in [0.4, 0.5) is 4.39 Å². The molecule has 1 saturated carbocycles. The van der Waals surface area contributed by atoms with Crippen molar-refractivity contribution in [3.63, 3.8) is 0 Å². The minimum Gasteiger partial charge on any atom is -0.342 e. The standard InChI is InChI=1S/C18H20FN3O2/c1-11-9-15(11)18(23)22-8-2-3-13(10-22)17-20-16(21-24-17)12-4-6-14(19)7-5-12/h4-7,11,13,15H,2-3,8-10H2,1H3/t11-,13-,15-/m1/s1. The van der Waals surface area contributed by atoms with Crippen LogP contribution in [0.3, 0.4) is 0 Å². The van der Waals surface area contributed by atoms with E-state index in [4.69, 9.17) is 4.52 Å². The second-order valence-electron chi connectivity index (χ2n) is 6.91. The highest BCUT2D eigenvalue weighted by molar-refractivity contribution is 5.81. The van der Waals surface area contributed by atoms with Crippen LogP contribution in [0.2, 0.25) is 0 Å². The topological polar surface area (TPSA) is 59.2 Å². The molecular weight excluding hydrogens is 309 g/mol. The van der Waals surface area contributed by atoms with Crippen LogP contribution in [0, 0.1) is 17.7 Å². The highest BCUT2D eigenvalue weighted by Gasteiger charge is 2.42. The van der Waals surface area contributed by atoms with Gasteiger partial charge in [-0.15, -0.1) is 0 Å². The quantitative estimate of drug-likeness (QED) is 0.867. The van der Waals surface area contributed by atoms with Crippen LogP contribution in [0.15, 0.2) is 28.8 Å². The molecule has 0 radical (unpaired) electrons. The molecule has 1 aromatic carbocycles. The van der Waals surface area contributed by atoms with Crippen molar-refractivity contribution in [1.82, 2.24) is 15.0 Å². The number of nitrogens with zero attached hydrogens (tertiary/aromatic N) is 3. The van der Waals surface area contributed by atoms with Crippen LogP contribution < -0.4 is 0 Å². The van der Waals surface area contributed by atoms with Gasteiger partial charge in [-0.2, -0.15) is 4.98 Å². The molecule has 4 rings (SSSR count). The molecule has 2 fully saturated rings. The summed E-state index contributed by atoms with van der Waals surface area (Å²) in [5.74, 6) is 1.81. The molecule has 0 spiro atoms. The molecule has 1 aliphatic heterocycles. The van der Waals surface area contributed by atoms with Crippen LogP contribution >= 0.6 is 0 Å². The Morgan fingerprint density at radius 3 is 2.79 bits per heavy atom. The van der Waals surface area contributed by atoms with E-state index in [1.54, 1.807) is 12.1 Å². The molecule has 1 amide bonds. The van der Waals surface area contributed by atoms with E-state index in [-0.39, 0.29) is 23.6 Å². The third-order valence-electron chi connectivity index (χ3n) is 5.05. The summed E-state index contributed by atoms with van der Waals surface area (Å²) in [5.41, 5.74) is 0.724. The van der Waals surface area contributed by atoms with Crippen molar-refractivity contribution in [3.8, 4) is 11.4 Å². The molecule has 2 aromatic rings. The summed E-state index contributed by atoms with van der Waals surface area (Å²) in [6.45, 7) is 3.58. The third kappa shape index (κ3) is 2.92. The van der Waals surface area contributed by atoms with E-state index in [9.17, 15) is 9.18 Å². The smallest absolute Gasteiger partial charge is 0.231 e. The van der Waals surface area contributed by atoms with Gasteiger partial charge in [-0.1, -0.05) is 12.1 Å². The third-order valence-corrected chi connectivity index (χ3v) is 5.05. The van der Waals surface area contributed by atoms with E-state index >= 15 is 0 Å². The van der Waals surface area contributed by atoms with Crippen LogP contribution in [0.5, 0.6) is 0 Å². The van der Waals surface area contributed by atoms with Gasteiger partial charge < -0.3 is 9.42 Å². The minimum absolute atomic E-state index is 0.0819. The lowest BCUT2D eigenvalue weighted by atomic mass is 9.97. The van der Waals surface area contributed by atoms with E-state index in [2.05, 4.69) is 17.1 Å². The number of likely N-dealkylation sites (tertiary alicyclic amines) is 1. The zero-order valence-electron chi connectivity index (χ0n) is 13.6. The predicted octanol–water partition coefficient (Wildman–Crippen LogP) is 3.24. The highest BCUT2D eigenvalue weighted by atomic mass is 19.1. The molecule has 2 heterocycles. The number of amides is 1. The number of aromatic nitrogens is 2. The molecule has 1 aliphatic carbocycles. The Bertz CT molecular complexity index is 743. The zero-order chi connectivity index (χ0) is 16.7. The molecule has 0 N–H and O–H groups in total. The number of hydrogen-bond acceptors (Lipinski definition) is 4. The monoisotopic (exact) mass is 329 g/mol. The first-order valence-corrected chi connectivity index (χ1v) is 8.50. The second-order valence-corrected chi connectivity index (χ2v) is 6.91. The van der Waals surface area contributed by atoms with Gasteiger partial charge in [0, 0.05) is 24.6 Å². The summed E-state index contributed by atoms with van der Waals surface area (Å²) in [4.78, 5) is 18.8. The summed E-state index contributed by atoms with van der Waals surface area (Å²) < 4.78 is 18.4. The van der Waals surface area contributed by atoms with Gasteiger partial charge in [0.15, 0.2) is 0 Å². The summed E-state index contributed by atoms with van der Waals surface area (Å²) >= 11 is 0. The molecule has 5 nitrogen and oxygen atoms in total. The number of halogens is 1. The van der Waals surface area contributed by atoms with Crippen molar-refractivity contribution in [1.29, 1.82) is 0 Å². The lowest BCUT2D eigenvalue weighted by Crippen LogP contribution is -2.40. The Morgan fingerprint density at radius 1 is 1.33 bits per heavy atom. The number of hydrogen-bond donors (Lipinski definition) is 0. The van der Waals surface area contributed by atoms with E-state index < -0.39 is 0 Å². The molecule has 1 saturated heterocycles. The fraction of sp³-hybridized carbons (Fsp3) is 0.500. The van der Waals surface area contributed by atoms with E-state index in [1.165, 1.54) is 12.1 Å². The first kappa shape index (κ1) is 15.3. The average Bonchev–Trinajstić information content (AvgIpc) is 3.13. The molecule has 0 bridgehead atoms. The number of benzene rings is 1. The van der Waals surface area contributed by atoms with Gasteiger partial charge in [0.2, 0.25) is 17.6 Å². The van der Waals surface area contributed by atoms with Crippen LogP contribution in [-0.2, 0) is 4.79 Å². The summed E-state index contributed by atoms with van der Waals surface area (Å²) in [6, 6.07) is 6.02. The summed E-state index contributed by atoms with van der Waals surface area (Å²) in [6.07, 6.45) is 2.90. The van der Waals surface area contributed by atoms with Gasteiger partial charge in [0.25, 0.3) is 0 Å². The van der Waals surface area contributed by atoms with Gasteiger partial charge in [0.05, 0.1) is 5.92 Å². The Balaban J connectivity index is 1.47. The SMILES string of the molecule is C[C@@H]1C[C@H]1C(=O)N1CCC[C@@H](c2nc(-c3ccc(F)cc3)no2)C1. The normalized spacial score (nSPS) is 26.4. The summed E-state index contributed by atoms with van der Waals surface area (Å²) in [5, 5.41) is 4.01. The molecule has 1 aromatic heterocycles. The molecule has 24 heavy (non-hydrogen) atoms. The highest BCUT2D eigenvalue weighted by Crippen LogP contribution is 2.40. The van der Waals surface area contributed by atoms with Gasteiger partial charge in [0.1, 0.15) is 5.82 Å². The van der Waals surface area contributed by atoms with Crippen molar-refractivity contribution in [3.05, 3.63) is 36.0 Å². The maximum absolute atomic E-state index is 13.0. The van der Waals surface area contributed by atoms with Crippen LogP contribution in [0.1, 0.15) is 38.0 Å². The molecule has 6 heteroatoms. The largest absolute Gasteiger partial charge is 0.342 e. The Kier molecular flexibility index (Phi) is 3.82. The number of piperidine rings is 1. The van der Waals surface area contributed by atoms with Gasteiger partial charge >= 0.3 is 0 Å². The Labute approximate surface area is 139 Å². The fourth-order valence-corrected chi connectivity index (χ4v) is 3.40.